The maximum atomic E-state index is 11.0. The van der Waals surface area contributed by atoms with Gasteiger partial charge in [-0.1, -0.05) is 0 Å². The van der Waals surface area contributed by atoms with Gasteiger partial charge in [0.05, 0.1) is 11.6 Å². The number of fused-ring (bicyclic) bond motifs is 1. The standard InChI is InChI=1S/C13H12N2O2S/c16-13(17)9-1-2-10-11(7-9)18-12(15-10)8-3-5-14-6-4-8/h3-6,9H,1-2,7H2,(H,16,17). The summed E-state index contributed by atoms with van der Waals surface area (Å²) in [7, 11) is 0. The van der Waals surface area contributed by atoms with Crippen LogP contribution in [0.1, 0.15) is 17.0 Å². The molecule has 0 saturated carbocycles. The molecule has 0 aromatic carbocycles. The molecule has 0 fully saturated rings. The SMILES string of the molecule is O=C(O)C1CCc2nc(-c3ccncc3)sc2C1. The summed E-state index contributed by atoms with van der Waals surface area (Å²) in [6, 6.07) is 3.86. The van der Waals surface area contributed by atoms with Crippen LogP contribution in [0, 0.1) is 5.92 Å². The Balaban J connectivity index is 1.92. The number of rotatable bonds is 2. The van der Waals surface area contributed by atoms with Crippen molar-refractivity contribution in [2.24, 2.45) is 5.92 Å². The zero-order valence-electron chi connectivity index (χ0n) is 9.67. The van der Waals surface area contributed by atoms with Crippen LogP contribution in [-0.4, -0.2) is 21.0 Å². The molecule has 0 amide bonds. The molecule has 0 bridgehead atoms. The van der Waals surface area contributed by atoms with E-state index in [0.29, 0.717) is 12.8 Å². The number of carbonyl (C=O) groups is 1. The Bertz CT molecular complexity index is 580. The number of carboxylic acids is 1. The van der Waals surface area contributed by atoms with Crippen molar-refractivity contribution in [1.29, 1.82) is 0 Å². The van der Waals surface area contributed by atoms with Crippen molar-refractivity contribution in [3.8, 4) is 10.6 Å². The first-order chi connectivity index (χ1) is 8.74. The van der Waals surface area contributed by atoms with Crippen LogP contribution in [0.25, 0.3) is 10.6 Å². The third kappa shape index (κ3) is 2.01. The number of pyridine rings is 1. The molecule has 1 N–H and O–H groups in total. The smallest absolute Gasteiger partial charge is 0.306 e. The zero-order chi connectivity index (χ0) is 12.5. The first-order valence-electron chi connectivity index (χ1n) is 5.86. The van der Waals surface area contributed by atoms with Crippen LogP contribution in [0.3, 0.4) is 0 Å². The first-order valence-corrected chi connectivity index (χ1v) is 6.67. The highest BCUT2D eigenvalue weighted by molar-refractivity contribution is 7.15. The Morgan fingerprint density at radius 2 is 2.17 bits per heavy atom. The second-order valence-corrected chi connectivity index (χ2v) is 5.49. The number of aromatic nitrogens is 2. The van der Waals surface area contributed by atoms with Crippen LogP contribution in [-0.2, 0) is 17.6 Å². The second-order valence-electron chi connectivity index (χ2n) is 4.40. The van der Waals surface area contributed by atoms with Crippen molar-refractivity contribution in [1.82, 2.24) is 9.97 Å². The predicted molar refractivity (Wildman–Crippen MR) is 68.5 cm³/mol. The lowest BCUT2D eigenvalue weighted by atomic mass is 9.91. The highest BCUT2D eigenvalue weighted by Crippen LogP contribution is 2.34. The molecule has 2 heterocycles. The van der Waals surface area contributed by atoms with Gasteiger partial charge in [0.25, 0.3) is 0 Å². The lowest BCUT2D eigenvalue weighted by Crippen LogP contribution is -2.21. The molecule has 0 saturated heterocycles. The molecule has 3 rings (SSSR count). The normalized spacial score (nSPS) is 18.3. The van der Waals surface area contributed by atoms with E-state index in [-0.39, 0.29) is 5.92 Å². The summed E-state index contributed by atoms with van der Waals surface area (Å²) >= 11 is 1.61. The molecular weight excluding hydrogens is 248 g/mol. The maximum absolute atomic E-state index is 11.0. The van der Waals surface area contributed by atoms with Gasteiger partial charge in [0, 0.05) is 22.8 Å². The Morgan fingerprint density at radius 1 is 1.39 bits per heavy atom. The summed E-state index contributed by atoms with van der Waals surface area (Å²) in [6.45, 7) is 0. The highest BCUT2D eigenvalue weighted by atomic mass is 32.1. The quantitative estimate of drug-likeness (QED) is 0.900. The van der Waals surface area contributed by atoms with E-state index < -0.39 is 5.97 Å². The van der Waals surface area contributed by atoms with Gasteiger partial charge in [0.15, 0.2) is 0 Å². The summed E-state index contributed by atoms with van der Waals surface area (Å²) in [5, 5.41) is 10.0. The minimum absolute atomic E-state index is 0.247. The molecule has 4 nitrogen and oxygen atoms in total. The largest absolute Gasteiger partial charge is 0.481 e. The van der Waals surface area contributed by atoms with E-state index in [1.54, 1.807) is 23.7 Å². The van der Waals surface area contributed by atoms with E-state index in [0.717, 1.165) is 27.6 Å². The number of hydrogen-bond acceptors (Lipinski definition) is 4. The minimum atomic E-state index is -0.695. The predicted octanol–water partition coefficient (Wildman–Crippen LogP) is 2.39. The van der Waals surface area contributed by atoms with Crippen molar-refractivity contribution in [2.75, 3.05) is 0 Å². The van der Waals surface area contributed by atoms with E-state index in [1.165, 1.54) is 0 Å². The van der Waals surface area contributed by atoms with Gasteiger partial charge in [-0.15, -0.1) is 11.3 Å². The number of carboxylic acid groups (broad SMARTS) is 1. The molecule has 2 aromatic rings. The molecule has 5 heteroatoms. The third-order valence-corrected chi connectivity index (χ3v) is 4.39. The molecule has 92 valence electrons. The first kappa shape index (κ1) is 11.3. The summed E-state index contributed by atoms with van der Waals surface area (Å²) in [6.07, 6.45) is 5.58. The average Bonchev–Trinajstić information content (AvgIpc) is 2.82. The van der Waals surface area contributed by atoms with E-state index in [9.17, 15) is 4.79 Å². The van der Waals surface area contributed by atoms with Crippen LogP contribution in [0.15, 0.2) is 24.5 Å². The third-order valence-electron chi connectivity index (χ3n) is 3.22. The fourth-order valence-corrected chi connectivity index (χ4v) is 3.40. The molecular formula is C13H12N2O2S. The van der Waals surface area contributed by atoms with Gasteiger partial charge in [-0.25, -0.2) is 4.98 Å². The molecule has 1 atom stereocenters. The van der Waals surface area contributed by atoms with E-state index in [1.807, 2.05) is 12.1 Å². The van der Waals surface area contributed by atoms with Crippen LogP contribution < -0.4 is 0 Å². The summed E-state index contributed by atoms with van der Waals surface area (Å²) < 4.78 is 0. The Labute approximate surface area is 108 Å². The van der Waals surface area contributed by atoms with Crippen LogP contribution >= 0.6 is 11.3 Å². The molecule has 2 aromatic heterocycles. The van der Waals surface area contributed by atoms with E-state index >= 15 is 0 Å². The molecule has 18 heavy (non-hydrogen) atoms. The average molecular weight is 260 g/mol. The van der Waals surface area contributed by atoms with Gasteiger partial charge >= 0.3 is 5.97 Å². The maximum Gasteiger partial charge on any atom is 0.306 e. The Morgan fingerprint density at radius 3 is 2.89 bits per heavy atom. The lowest BCUT2D eigenvalue weighted by Gasteiger charge is -2.16. The number of nitrogens with zero attached hydrogens (tertiary/aromatic N) is 2. The van der Waals surface area contributed by atoms with Crippen molar-refractivity contribution >= 4 is 17.3 Å². The fraction of sp³-hybridized carbons (Fsp3) is 0.308. The zero-order valence-corrected chi connectivity index (χ0v) is 10.5. The minimum Gasteiger partial charge on any atom is -0.481 e. The fourth-order valence-electron chi connectivity index (χ4n) is 2.20. The topological polar surface area (TPSA) is 63.1 Å². The van der Waals surface area contributed by atoms with Crippen molar-refractivity contribution < 1.29 is 9.90 Å². The summed E-state index contributed by atoms with van der Waals surface area (Å²) in [5.74, 6) is -0.942. The Kier molecular flexibility index (Phi) is 2.83. The number of aryl methyl sites for hydroxylation is 1. The van der Waals surface area contributed by atoms with Crippen molar-refractivity contribution in [2.45, 2.75) is 19.3 Å². The molecule has 1 aliphatic carbocycles. The van der Waals surface area contributed by atoms with Gasteiger partial charge in [0.2, 0.25) is 0 Å². The van der Waals surface area contributed by atoms with Crippen LogP contribution in [0.2, 0.25) is 0 Å². The van der Waals surface area contributed by atoms with Crippen molar-refractivity contribution in [3.63, 3.8) is 0 Å². The molecule has 1 aliphatic rings. The van der Waals surface area contributed by atoms with E-state index in [2.05, 4.69) is 9.97 Å². The van der Waals surface area contributed by atoms with Crippen LogP contribution in [0.5, 0.6) is 0 Å². The van der Waals surface area contributed by atoms with Gasteiger partial charge in [-0.05, 0) is 31.4 Å². The lowest BCUT2D eigenvalue weighted by molar-refractivity contribution is -0.142. The molecule has 0 radical (unpaired) electrons. The van der Waals surface area contributed by atoms with Crippen LogP contribution in [0.4, 0.5) is 0 Å². The van der Waals surface area contributed by atoms with Gasteiger partial charge in [-0.3, -0.25) is 9.78 Å². The van der Waals surface area contributed by atoms with Gasteiger partial charge < -0.3 is 5.11 Å². The van der Waals surface area contributed by atoms with Crippen molar-refractivity contribution in [3.05, 3.63) is 35.1 Å². The monoisotopic (exact) mass is 260 g/mol. The second kappa shape index (κ2) is 4.49. The number of aliphatic carboxylic acids is 1. The molecule has 0 spiro atoms. The summed E-state index contributed by atoms with van der Waals surface area (Å²) in [5.41, 5.74) is 2.13. The summed E-state index contributed by atoms with van der Waals surface area (Å²) in [4.78, 5) is 20.7. The molecule has 0 aliphatic heterocycles. The number of thiazole rings is 1. The Hall–Kier alpha value is -1.75. The van der Waals surface area contributed by atoms with Gasteiger partial charge in [0.1, 0.15) is 5.01 Å². The van der Waals surface area contributed by atoms with E-state index in [4.69, 9.17) is 5.11 Å². The highest BCUT2D eigenvalue weighted by Gasteiger charge is 2.27. The van der Waals surface area contributed by atoms with Gasteiger partial charge in [-0.2, -0.15) is 0 Å². The number of hydrogen-bond donors (Lipinski definition) is 1. The molecule has 1 unspecified atom stereocenters.